The van der Waals surface area contributed by atoms with E-state index >= 15 is 0 Å². The molecule has 8 heteroatoms. The fourth-order valence-electron chi connectivity index (χ4n) is 2.21. The molecule has 0 amide bonds. The van der Waals surface area contributed by atoms with Crippen LogP contribution in [0.15, 0.2) is 30.3 Å². The number of hydrogen-bond acceptors (Lipinski definition) is 3. The lowest BCUT2D eigenvalue weighted by atomic mass is 10.1. The van der Waals surface area contributed by atoms with Crippen LogP contribution in [0.25, 0.3) is 16.9 Å². The van der Waals surface area contributed by atoms with Crippen LogP contribution in [-0.2, 0) is 6.18 Å². The normalized spacial score (nSPS) is 11.9. The summed E-state index contributed by atoms with van der Waals surface area (Å²) in [6, 6.07) is 7.52. The Morgan fingerprint density at radius 3 is 2.39 bits per heavy atom. The molecular formula is C15H11ClF3N3O. The van der Waals surface area contributed by atoms with Crippen molar-refractivity contribution < 1.29 is 17.9 Å². The van der Waals surface area contributed by atoms with E-state index in [-0.39, 0.29) is 22.1 Å². The summed E-state index contributed by atoms with van der Waals surface area (Å²) in [5, 5.41) is 3.93. The van der Waals surface area contributed by atoms with E-state index in [1.165, 1.54) is 14.0 Å². The summed E-state index contributed by atoms with van der Waals surface area (Å²) in [6.07, 6.45) is -4.58. The maximum Gasteiger partial charge on any atom is 0.433 e. The van der Waals surface area contributed by atoms with Gasteiger partial charge in [0.1, 0.15) is 10.8 Å². The number of rotatable bonds is 2. The van der Waals surface area contributed by atoms with Crippen molar-refractivity contribution in [2.75, 3.05) is 7.11 Å². The van der Waals surface area contributed by atoms with E-state index in [0.29, 0.717) is 11.3 Å². The fraction of sp³-hybridized carbons (Fsp3) is 0.200. The lowest BCUT2D eigenvalue weighted by Crippen LogP contribution is -2.13. The van der Waals surface area contributed by atoms with Gasteiger partial charge in [-0.1, -0.05) is 11.6 Å². The maximum atomic E-state index is 13.3. The molecule has 3 rings (SSSR count). The van der Waals surface area contributed by atoms with Crippen LogP contribution in [-0.4, -0.2) is 21.7 Å². The van der Waals surface area contributed by atoms with Crippen molar-refractivity contribution in [1.82, 2.24) is 14.6 Å². The second-order valence-electron chi connectivity index (χ2n) is 4.89. The van der Waals surface area contributed by atoms with Gasteiger partial charge in [0.25, 0.3) is 0 Å². The number of halogens is 4. The smallest absolute Gasteiger partial charge is 0.433 e. The third-order valence-electron chi connectivity index (χ3n) is 3.37. The highest BCUT2D eigenvalue weighted by Crippen LogP contribution is 2.34. The SMILES string of the molecule is COc1ccc(-c2cc(C(F)(F)F)n3nc(C)c(Cl)c3n2)cc1. The molecule has 1 aromatic carbocycles. The van der Waals surface area contributed by atoms with Crippen LogP contribution in [0.1, 0.15) is 11.4 Å². The molecule has 0 atom stereocenters. The first kappa shape index (κ1) is 15.6. The van der Waals surface area contributed by atoms with E-state index in [1.54, 1.807) is 24.3 Å². The summed E-state index contributed by atoms with van der Waals surface area (Å²) in [5.74, 6) is 0.601. The van der Waals surface area contributed by atoms with Gasteiger partial charge in [-0.3, -0.25) is 0 Å². The zero-order chi connectivity index (χ0) is 16.8. The molecular weight excluding hydrogens is 331 g/mol. The maximum absolute atomic E-state index is 13.3. The Kier molecular flexibility index (Phi) is 3.68. The Bertz CT molecular complexity index is 872. The number of aromatic nitrogens is 3. The third kappa shape index (κ3) is 2.72. The van der Waals surface area contributed by atoms with Gasteiger partial charge in [-0.2, -0.15) is 18.3 Å². The molecule has 0 spiro atoms. The topological polar surface area (TPSA) is 39.4 Å². The number of ether oxygens (including phenoxy) is 1. The first-order valence-corrected chi connectivity index (χ1v) is 6.96. The fourth-order valence-corrected chi connectivity index (χ4v) is 2.37. The minimum atomic E-state index is -4.58. The van der Waals surface area contributed by atoms with E-state index < -0.39 is 11.9 Å². The summed E-state index contributed by atoms with van der Waals surface area (Å²) in [4.78, 5) is 4.22. The van der Waals surface area contributed by atoms with E-state index in [1.807, 2.05) is 0 Å². The molecule has 0 aliphatic rings. The Labute approximate surface area is 134 Å². The summed E-state index contributed by atoms with van der Waals surface area (Å²) in [6.45, 7) is 1.53. The summed E-state index contributed by atoms with van der Waals surface area (Å²) < 4.78 is 45.7. The molecule has 3 aromatic rings. The van der Waals surface area contributed by atoms with Crippen LogP contribution in [0.4, 0.5) is 13.2 Å². The average molecular weight is 342 g/mol. The molecule has 0 aliphatic carbocycles. The van der Waals surface area contributed by atoms with Crippen molar-refractivity contribution in [3.8, 4) is 17.0 Å². The number of aryl methyl sites for hydroxylation is 1. The number of fused-ring (bicyclic) bond motifs is 1. The monoisotopic (exact) mass is 341 g/mol. The van der Waals surface area contributed by atoms with Crippen molar-refractivity contribution in [3.63, 3.8) is 0 Å². The van der Waals surface area contributed by atoms with E-state index in [0.717, 1.165) is 10.6 Å². The molecule has 0 fully saturated rings. The molecule has 0 saturated carbocycles. The number of hydrogen-bond donors (Lipinski definition) is 0. The lowest BCUT2D eigenvalue weighted by molar-refractivity contribution is -0.142. The van der Waals surface area contributed by atoms with Crippen LogP contribution >= 0.6 is 11.6 Å². The predicted octanol–water partition coefficient (Wildman–Crippen LogP) is 4.39. The van der Waals surface area contributed by atoms with E-state index in [2.05, 4.69) is 10.1 Å². The van der Waals surface area contributed by atoms with Gasteiger partial charge >= 0.3 is 6.18 Å². The zero-order valence-electron chi connectivity index (χ0n) is 12.1. The highest BCUT2D eigenvalue weighted by Gasteiger charge is 2.35. The largest absolute Gasteiger partial charge is 0.497 e. The third-order valence-corrected chi connectivity index (χ3v) is 3.81. The highest BCUT2D eigenvalue weighted by molar-refractivity contribution is 6.34. The number of nitrogens with zero attached hydrogens (tertiary/aromatic N) is 3. The highest BCUT2D eigenvalue weighted by atomic mass is 35.5. The van der Waals surface area contributed by atoms with Gasteiger partial charge in [-0.15, -0.1) is 0 Å². The molecule has 0 aliphatic heterocycles. The molecule has 4 nitrogen and oxygen atoms in total. The zero-order valence-corrected chi connectivity index (χ0v) is 12.9. The second-order valence-corrected chi connectivity index (χ2v) is 5.27. The van der Waals surface area contributed by atoms with Crippen LogP contribution in [0, 0.1) is 6.92 Å². The van der Waals surface area contributed by atoms with Gasteiger partial charge in [-0.25, -0.2) is 9.50 Å². The minimum absolute atomic E-state index is 0.0233. The number of alkyl halides is 3. The van der Waals surface area contributed by atoms with Crippen LogP contribution in [0.2, 0.25) is 5.02 Å². The number of benzene rings is 1. The Morgan fingerprint density at radius 2 is 1.83 bits per heavy atom. The predicted molar refractivity (Wildman–Crippen MR) is 79.7 cm³/mol. The first-order valence-electron chi connectivity index (χ1n) is 6.59. The Hall–Kier alpha value is -2.28. The van der Waals surface area contributed by atoms with Gasteiger partial charge in [0, 0.05) is 5.56 Å². The van der Waals surface area contributed by atoms with E-state index in [9.17, 15) is 13.2 Å². The molecule has 0 radical (unpaired) electrons. The second kappa shape index (κ2) is 5.42. The van der Waals surface area contributed by atoms with Gasteiger partial charge < -0.3 is 4.74 Å². The van der Waals surface area contributed by atoms with Gasteiger partial charge in [0.15, 0.2) is 11.3 Å². The molecule has 0 unspecified atom stereocenters. The summed E-state index contributed by atoms with van der Waals surface area (Å²) in [5.41, 5.74) is 0.0210. The van der Waals surface area contributed by atoms with Gasteiger partial charge in [-0.05, 0) is 37.3 Å². The molecule has 0 saturated heterocycles. The molecule has 23 heavy (non-hydrogen) atoms. The molecule has 120 valence electrons. The molecule has 2 heterocycles. The van der Waals surface area contributed by atoms with Crippen LogP contribution in [0.5, 0.6) is 5.75 Å². The van der Waals surface area contributed by atoms with Crippen molar-refractivity contribution in [1.29, 1.82) is 0 Å². The summed E-state index contributed by atoms with van der Waals surface area (Å²) in [7, 11) is 1.51. The Morgan fingerprint density at radius 1 is 1.17 bits per heavy atom. The van der Waals surface area contributed by atoms with Crippen molar-refractivity contribution >= 4 is 17.2 Å². The van der Waals surface area contributed by atoms with Crippen molar-refractivity contribution in [3.05, 3.63) is 46.7 Å². The van der Waals surface area contributed by atoms with E-state index in [4.69, 9.17) is 16.3 Å². The van der Waals surface area contributed by atoms with Crippen molar-refractivity contribution in [2.24, 2.45) is 0 Å². The number of methoxy groups -OCH3 is 1. The first-order chi connectivity index (χ1) is 10.8. The van der Waals surface area contributed by atoms with Gasteiger partial charge in [0.05, 0.1) is 18.5 Å². The molecule has 2 aromatic heterocycles. The Balaban J connectivity index is 2.27. The quantitative estimate of drug-likeness (QED) is 0.694. The van der Waals surface area contributed by atoms with Crippen LogP contribution < -0.4 is 4.74 Å². The minimum Gasteiger partial charge on any atom is -0.497 e. The summed E-state index contributed by atoms with van der Waals surface area (Å²) >= 11 is 6.04. The van der Waals surface area contributed by atoms with Crippen LogP contribution in [0.3, 0.4) is 0 Å². The molecule has 0 N–H and O–H groups in total. The lowest BCUT2D eigenvalue weighted by Gasteiger charge is -2.11. The standard InChI is InChI=1S/C15H11ClF3N3O/c1-8-13(16)14-20-11(9-3-5-10(23-2)6-4-9)7-12(15(17,18)19)22(14)21-8/h3-7H,1-2H3. The molecule has 0 bridgehead atoms. The van der Waals surface area contributed by atoms with Gasteiger partial charge in [0.2, 0.25) is 0 Å². The average Bonchev–Trinajstić information content (AvgIpc) is 2.80. The van der Waals surface area contributed by atoms with Crippen molar-refractivity contribution in [2.45, 2.75) is 13.1 Å².